The minimum Gasteiger partial charge on any atom is -0.321 e. The lowest BCUT2D eigenvalue weighted by Gasteiger charge is -2.13. The summed E-state index contributed by atoms with van der Waals surface area (Å²) in [5, 5.41) is 6.40. The van der Waals surface area contributed by atoms with Crippen LogP contribution in [0, 0.1) is 6.92 Å². The van der Waals surface area contributed by atoms with Crippen molar-refractivity contribution in [1.29, 1.82) is 0 Å². The molecule has 0 radical (unpaired) electrons. The van der Waals surface area contributed by atoms with Gasteiger partial charge in [-0.3, -0.25) is 14.4 Å². The second-order valence-electron chi connectivity index (χ2n) is 4.27. The molecular weight excluding hydrogens is 290 g/mol. The molecule has 1 heterocycles. The number of rotatable bonds is 4. The summed E-state index contributed by atoms with van der Waals surface area (Å²) < 4.78 is 0. The number of hydroxylamine groups is 2. The Balaban J connectivity index is 2.06. The number of anilines is 1. The highest BCUT2D eigenvalue weighted by molar-refractivity contribution is 7.09. The van der Waals surface area contributed by atoms with Gasteiger partial charge in [0, 0.05) is 23.7 Å². The van der Waals surface area contributed by atoms with Crippen LogP contribution in [0.1, 0.15) is 25.9 Å². The van der Waals surface area contributed by atoms with E-state index in [0.717, 1.165) is 10.1 Å². The Bertz CT molecular complexity index is 652. The summed E-state index contributed by atoms with van der Waals surface area (Å²) in [6, 6.07) is 6.57. The van der Waals surface area contributed by atoms with Gasteiger partial charge in [0.15, 0.2) is 0 Å². The standard InChI is InChI=1S/C14H15N3O3S/c1-9-15-12(8-21-9)13(18)16-11-6-4-10(5-7-11)14(19)17(2)20-3/h4-8H,1-3H3,(H,16,18). The van der Waals surface area contributed by atoms with Gasteiger partial charge in [0.25, 0.3) is 11.8 Å². The van der Waals surface area contributed by atoms with Gasteiger partial charge >= 0.3 is 0 Å². The molecule has 1 aromatic heterocycles. The highest BCUT2D eigenvalue weighted by Gasteiger charge is 2.12. The number of hydrogen-bond donors (Lipinski definition) is 1. The zero-order valence-electron chi connectivity index (χ0n) is 11.9. The first-order valence-electron chi connectivity index (χ1n) is 6.17. The maximum Gasteiger partial charge on any atom is 0.277 e. The molecule has 0 atom stereocenters. The van der Waals surface area contributed by atoms with Crippen LogP contribution in [-0.4, -0.2) is 36.0 Å². The first-order valence-corrected chi connectivity index (χ1v) is 7.05. The molecule has 110 valence electrons. The Hall–Kier alpha value is -2.25. The Kier molecular flexibility index (Phi) is 4.66. The average Bonchev–Trinajstić information content (AvgIpc) is 2.93. The number of aromatic nitrogens is 1. The molecular formula is C14H15N3O3S. The fourth-order valence-electron chi connectivity index (χ4n) is 1.62. The van der Waals surface area contributed by atoms with E-state index in [1.54, 1.807) is 29.6 Å². The lowest BCUT2D eigenvalue weighted by molar-refractivity contribution is -0.0756. The number of amides is 2. The Labute approximate surface area is 126 Å². The van der Waals surface area contributed by atoms with Gasteiger partial charge in [-0.05, 0) is 31.2 Å². The van der Waals surface area contributed by atoms with Crippen molar-refractivity contribution in [3.05, 3.63) is 45.9 Å². The fourth-order valence-corrected chi connectivity index (χ4v) is 2.22. The van der Waals surface area contributed by atoms with Crippen molar-refractivity contribution >= 4 is 28.8 Å². The van der Waals surface area contributed by atoms with Gasteiger partial charge in [-0.1, -0.05) is 0 Å². The molecule has 0 aliphatic carbocycles. The number of benzene rings is 1. The highest BCUT2D eigenvalue weighted by atomic mass is 32.1. The Morgan fingerprint density at radius 3 is 2.48 bits per heavy atom. The monoisotopic (exact) mass is 305 g/mol. The number of nitrogens with one attached hydrogen (secondary N) is 1. The quantitative estimate of drug-likeness (QED) is 0.880. The summed E-state index contributed by atoms with van der Waals surface area (Å²) >= 11 is 1.42. The second kappa shape index (κ2) is 6.47. The largest absolute Gasteiger partial charge is 0.321 e. The van der Waals surface area contributed by atoms with Crippen molar-refractivity contribution in [2.75, 3.05) is 19.5 Å². The summed E-state index contributed by atoms with van der Waals surface area (Å²) in [5.74, 6) is -0.530. The van der Waals surface area contributed by atoms with Crippen molar-refractivity contribution in [2.45, 2.75) is 6.92 Å². The molecule has 1 aromatic carbocycles. The zero-order chi connectivity index (χ0) is 15.4. The topological polar surface area (TPSA) is 71.5 Å². The molecule has 2 amide bonds. The van der Waals surface area contributed by atoms with E-state index in [-0.39, 0.29) is 11.8 Å². The second-order valence-corrected chi connectivity index (χ2v) is 5.33. The molecule has 1 N–H and O–H groups in total. The van der Waals surface area contributed by atoms with E-state index in [2.05, 4.69) is 10.3 Å². The number of thiazole rings is 1. The molecule has 0 saturated carbocycles. The first-order chi connectivity index (χ1) is 10.0. The van der Waals surface area contributed by atoms with Crippen LogP contribution in [0.3, 0.4) is 0 Å². The van der Waals surface area contributed by atoms with E-state index in [1.807, 2.05) is 6.92 Å². The van der Waals surface area contributed by atoms with Crippen LogP contribution in [0.25, 0.3) is 0 Å². The normalized spacial score (nSPS) is 10.2. The van der Waals surface area contributed by atoms with Gasteiger partial charge < -0.3 is 5.32 Å². The van der Waals surface area contributed by atoms with Crippen molar-refractivity contribution in [1.82, 2.24) is 10.0 Å². The molecule has 0 saturated heterocycles. The molecule has 0 spiro atoms. The van der Waals surface area contributed by atoms with Crippen LogP contribution in [0.4, 0.5) is 5.69 Å². The zero-order valence-corrected chi connectivity index (χ0v) is 12.7. The maximum absolute atomic E-state index is 11.9. The van der Waals surface area contributed by atoms with E-state index in [4.69, 9.17) is 4.84 Å². The maximum atomic E-state index is 11.9. The summed E-state index contributed by atoms with van der Waals surface area (Å²) in [4.78, 5) is 32.7. The number of carbonyl (C=O) groups excluding carboxylic acids is 2. The van der Waals surface area contributed by atoms with Crippen LogP contribution in [0.2, 0.25) is 0 Å². The third-order valence-corrected chi connectivity index (χ3v) is 3.57. The van der Waals surface area contributed by atoms with Crippen LogP contribution >= 0.6 is 11.3 Å². The number of aryl methyl sites for hydroxylation is 1. The summed E-state index contributed by atoms with van der Waals surface area (Å²) in [7, 11) is 2.95. The van der Waals surface area contributed by atoms with Crippen molar-refractivity contribution in [3.8, 4) is 0 Å². The molecule has 0 unspecified atom stereocenters. The Morgan fingerprint density at radius 2 is 1.95 bits per heavy atom. The predicted octanol–water partition coefficient (Wildman–Crippen LogP) is 2.34. The van der Waals surface area contributed by atoms with Crippen LogP contribution in [-0.2, 0) is 4.84 Å². The number of hydrogen-bond acceptors (Lipinski definition) is 5. The highest BCUT2D eigenvalue weighted by Crippen LogP contribution is 2.14. The van der Waals surface area contributed by atoms with E-state index in [0.29, 0.717) is 16.9 Å². The molecule has 2 rings (SSSR count). The van der Waals surface area contributed by atoms with Crippen LogP contribution in [0.15, 0.2) is 29.6 Å². The fraction of sp³-hybridized carbons (Fsp3) is 0.214. The Morgan fingerprint density at radius 1 is 1.29 bits per heavy atom. The lowest BCUT2D eigenvalue weighted by Crippen LogP contribution is -2.25. The summed E-state index contributed by atoms with van der Waals surface area (Å²) in [6.07, 6.45) is 0. The average molecular weight is 305 g/mol. The minimum atomic E-state index is -0.271. The third kappa shape index (κ3) is 3.65. The van der Waals surface area contributed by atoms with E-state index >= 15 is 0 Å². The molecule has 2 aromatic rings. The summed E-state index contributed by atoms with van der Waals surface area (Å²) in [5.41, 5.74) is 1.46. The molecule has 7 heteroatoms. The number of nitrogens with zero attached hydrogens (tertiary/aromatic N) is 2. The van der Waals surface area contributed by atoms with Crippen molar-refractivity contribution in [2.24, 2.45) is 0 Å². The molecule has 21 heavy (non-hydrogen) atoms. The van der Waals surface area contributed by atoms with E-state index in [1.165, 1.54) is 25.5 Å². The molecule has 0 fully saturated rings. The van der Waals surface area contributed by atoms with E-state index in [9.17, 15) is 9.59 Å². The predicted molar refractivity (Wildman–Crippen MR) is 80.3 cm³/mol. The molecule has 0 aliphatic rings. The van der Waals surface area contributed by atoms with Gasteiger partial charge in [0.1, 0.15) is 5.69 Å². The summed E-state index contributed by atoms with van der Waals surface area (Å²) in [6.45, 7) is 1.84. The minimum absolute atomic E-state index is 0.259. The van der Waals surface area contributed by atoms with Crippen LogP contribution < -0.4 is 5.32 Å². The SMILES string of the molecule is CON(C)C(=O)c1ccc(NC(=O)c2csc(C)n2)cc1. The molecule has 0 aliphatic heterocycles. The van der Waals surface area contributed by atoms with Gasteiger partial charge in [-0.15, -0.1) is 11.3 Å². The number of carbonyl (C=O) groups is 2. The molecule has 6 nitrogen and oxygen atoms in total. The van der Waals surface area contributed by atoms with Gasteiger partial charge in [0.2, 0.25) is 0 Å². The molecule has 0 bridgehead atoms. The van der Waals surface area contributed by atoms with Gasteiger partial charge in [0.05, 0.1) is 12.1 Å². The smallest absolute Gasteiger partial charge is 0.277 e. The lowest BCUT2D eigenvalue weighted by atomic mass is 10.2. The third-order valence-electron chi connectivity index (χ3n) is 2.80. The van der Waals surface area contributed by atoms with Gasteiger partial charge in [-0.25, -0.2) is 10.0 Å². The van der Waals surface area contributed by atoms with Crippen molar-refractivity contribution < 1.29 is 14.4 Å². The van der Waals surface area contributed by atoms with Crippen molar-refractivity contribution in [3.63, 3.8) is 0 Å². The van der Waals surface area contributed by atoms with E-state index < -0.39 is 0 Å². The van der Waals surface area contributed by atoms with Crippen LogP contribution in [0.5, 0.6) is 0 Å². The van der Waals surface area contributed by atoms with Gasteiger partial charge in [-0.2, -0.15) is 0 Å². The first kappa shape index (κ1) is 15.1.